The molecule has 5 heteroatoms. The highest BCUT2D eigenvalue weighted by atomic mass is 32.1. The van der Waals surface area contributed by atoms with Gasteiger partial charge in [0.2, 0.25) is 0 Å². The molecule has 0 unspecified atom stereocenters. The lowest BCUT2D eigenvalue weighted by Gasteiger charge is -2.10. The average Bonchev–Trinajstić information content (AvgIpc) is 2.84. The Morgan fingerprint density at radius 2 is 2.22 bits per heavy atom. The van der Waals surface area contributed by atoms with Crippen molar-refractivity contribution in [3.05, 3.63) is 52.0 Å². The van der Waals surface area contributed by atoms with Gasteiger partial charge in [-0.1, -0.05) is 18.3 Å². The van der Waals surface area contributed by atoms with E-state index < -0.39 is 0 Å². The summed E-state index contributed by atoms with van der Waals surface area (Å²) in [5.74, 6) is -0.332. The third-order valence-corrected chi connectivity index (χ3v) is 3.67. The Bertz CT molecular complexity index is 538. The molecule has 1 aromatic carbocycles. The predicted molar refractivity (Wildman–Crippen MR) is 78.8 cm³/mol. The maximum absolute atomic E-state index is 13.1. The molecule has 2 aromatic rings. The molecule has 0 bridgehead atoms. The molecule has 0 amide bonds. The molecule has 0 fully saturated rings. The second-order valence-corrected chi connectivity index (χ2v) is 5.28. The first-order valence-electron chi connectivity index (χ1n) is 5.52. The number of hydrogen-bond acceptors (Lipinski definition) is 3. The predicted octanol–water partition coefficient (Wildman–Crippen LogP) is 3.18. The number of halogens is 1. The molecule has 1 aromatic heterocycles. The van der Waals surface area contributed by atoms with Gasteiger partial charge in [-0.2, -0.15) is 0 Å². The Balaban J connectivity index is 2.02. The Morgan fingerprint density at radius 3 is 2.89 bits per heavy atom. The van der Waals surface area contributed by atoms with Crippen molar-refractivity contribution in [2.45, 2.75) is 6.42 Å². The van der Waals surface area contributed by atoms with Crippen molar-refractivity contribution < 1.29 is 4.39 Å². The van der Waals surface area contributed by atoms with E-state index in [1.165, 1.54) is 17.0 Å². The van der Waals surface area contributed by atoms with Gasteiger partial charge in [0.15, 0.2) is 0 Å². The Labute approximate surface area is 115 Å². The summed E-state index contributed by atoms with van der Waals surface area (Å²) in [6, 6.07) is 8.53. The van der Waals surface area contributed by atoms with Gasteiger partial charge in [0.1, 0.15) is 10.8 Å². The molecular weight excluding hydrogens is 267 g/mol. The zero-order chi connectivity index (χ0) is 13.0. The summed E-state index contributed by atoms with van der Waals surface area (Å²) in [7, 11) is 0. The summed E-state index contributed by atoms with van der Waals surface area (Å²) in [6.07, 6.45) is 0.922. The van der Waals surface area contributed by atoms with Gasteiger partial charge in [0.25, 0.3) is 0 Å². The van der Waals surface area contributed by atoms with Gasteiger partial charge in [-0.3, -0.25) is 0 Å². The Hall–Kier alpha value is -1.46. The van der Waals surface area contributed by atoms with E-state index in [-0.39, 0.29) is 10.8 Å². The third-order valence-electron chi connectivity index (χ3n) is 2.51. The van der Waals surface area contributed by atoms with Crippen LogP contribution in [0.2, 0.25) is 0 Å². The van der Waals surface area contributed by atoms with Gasteiger partial charge in [-0.05, 0) is 36.1 Å². The number of thiocarbonyl (C=S) groups is 1. The fraction of sp³-hybridized carbons (Fsp3) is 0.154. The smallest absolute Gasteiger partial charge is 0.124 e. The van der Waals surface area contributed by atoms with Gasteiger partial charge in [0.05, 0.1) is 0 Å². The summed E-state index contributed by atoms with van der Waals surface area (Å²) < 4.78 is 13.1. The lowest BCUT2D eigenvalue weighted by atomic mass is 10.1. The van der Waals surface area contributed by atoms with Crippen LogP contribution in [0.3, 0.4) is 0 Å². The van der Waals surface area contributed by atoms with Crippen LogP contribution in [-0.2, 0) is 6.42 Å². The minimum Gasteiger partial charge on any atom is -0.389 e. The maximum Gasteiger partial charge on any atom is 0.124 e. The first-order valence-corrected chi connectivity index (χ1v) is 6.81. The molecule has 94 valence electrons. The SMILES string of the molecule is NC(=S)c1cc(F)ccc1NCCc1cccs1. The molecule has 0 aliphatic rings. The summed E-state index contributed by atoms with van der Waals surface area (Å²) in [6.45, 7) is 0.766. The quantitative estimate of drug-likeness (QED) is 0.826. The van der Waals surface area contributed by atoms with E-state index in [4.69, 9.17) is 18.0 Å². The number of nitrogens with two attached hydrogens (primary N) is 1. The highest BCUT2D eigenvalue weighted by Gasteiger charge is 2.06. The summed E-state index contributed by atoms with van der Waals surface area (Å²) in [4.78, 5) is 1.51. The normalized spacial score (nSPS) is 10.3. The highest BCUT2D eigenvalue weighted by molar-refractivity contribution is 7.80. The van der Waals surface area contributed by atoms with Crippen molar-refractivity contribution in [2.24, 2.45) is 5.73 Å². The van der Waals surface area contributed by atoms with E-state index in [2.05, 4.69) is 11.4 Å². The van der Waals surface area contributed by atoms with Crippen LogP contribution in [-0.4, -0.2) is 11.5 Å². The number of hydrogen-bond donors (Lipinski definition) is 2. The van der Waals surface area contributed by atoms with E-state index in [0.29, 0.717) is 5.56 Å². The number of benzene rings is 1. The van der Waals surface area contributed by atoms with Crippen molar-refractivity contribution in [3.63, 3.8) is 0 Å². The number of thiophene rings is 1. The van der Waals surface area contributed by atoms with Crippen molar-refractivity contribution in [1.29, 1.82) is 0 Å². The zero-order valence-electron chi connectivity index (χ0n) is 9.65. The van der Waals surface area contributed by atoms with Gasteiger partial charge in [0, 0.05) is 22.7 Å². The van der Waals surface area contributed by atoms with Crippen LogP contribution in [0.1, 0.15) is 10.4 Å². The van der Waals surface area contributed by atoms with Crippen molar-refractivity contribution in [2.75, 3.05) is 11.9 Å². The number of rotatable bonds is 5. The first kappa shape index (κ1) is 13.0. The number of nitrogens with one attached hydrogen (secondary N) is 1. The molecule has 2 nitrogen and oxygen atoms in total. The summed E-state index contributed by atoms with van der Waals surface area (Å²) in [5.41, 5.74) is 6.91. The van der Waals surface area contributed by atoms with Crippen LogP contribution < -0.4 is 11.1 Å². The summed E-state index contributed by atoms with van der Waals surface area (Å²) >= 11 is 6.63. The van der Waals surface area contributed by atoms with Gasteiger partial charge in [-0.15, -0.1) is 11.3 Å². The lowest BCUT2D eigenvalue weighted by molar-refractivity contribution is 0.627. The number of anilines is 1. The third kappa shape index (κ3) is 3.27. The molecule has 2 rings (SSSR count). The van der Waals surface area contributed by atoms with Crippen LogP contribution in [0.25, 0.3) is 0 Å². The second-order valence-electron chi connectivity index (χ2n) is 3.81. The first-order chi connectivity index (χ1) is 8.66. The van der Waals surface area contributed by atoms with Gasteiger partial charge < -0.3 is 11.1 Å². The summed E-state index contributed by atoms with van der Waals surface area (Å²) in [5, 5.41) is 5.28. The van der Waals surface area contributed by atoms with Crippen LogP contribution in [0.5, 0.6) is 0 Å². The van der Waals surface area contributed by atoms with Crippen molar-refractivity contribution in [3.8, 4) is 0 Å². The molecule has 0 saturated carbocycles. The Kier molecular flexibility index (Phi) is 4.28. The molecule has 1 heterocycles. The molecule has 18 heavy (non-hydrogen) atoms. The van der Waals surface area contributed by atoms with Crippen LogP contribution in [0, 0.1) is 5.82 Å². The minimum atomic E-state index is -0.332. The van der Waals surface area contributed by atoms with Crippen LogP contribution in [0.4, 0.5) is 10.1 Å². The maximum atomic E-state index is 13.1. The monoisotopic (exact) mass is 280 g/mol. The largest absolute Gasteiger partial charge is 0.389 e. The van der Waals surface area contributed by atoms with Gasteiger partial charge >= 0.3 is 0 Å². The Morgan fingerprint density at radius 1 is 1.39 bits per heavy atom. The standard InChI is InChI=1S/C13H13FN2S2/c14-9-3-4-12(11(8-9)13(15)17)16-6-5-10-2-1-7-18-10/h1-4,7-8,16H,5-6H2,(H2,15,17). The second kappa shape index (κ2) is 5.93. The van der Waals surface area contributed by atoms with E-state index in [0.717, 1.165) is 18.7 Å². The highest BCUT2D eigenvalue weighted by Crippen LogP contribution is 2.17. The topological polar surface area (TPSA) is 38.0 Å². The molecule has 0 spiro atoms. The zero-order valence-corrected chi connectivity index (χ0v) is 11.3. The van der Waals surface area contributed by atoms with E-state index in [9.17, 15) is 4.39 Å². The lowest BCUT2D eigenvalue weighted by Crippen LogP contribution is -2.14. The van der Waals surface area contributed by atoms with E-state index in [1.54, 1.807) is 17.4 Å². The van der Waals surface area contributed by atoms with E-state index in [1.807, 2.05) is 11.4 Å². The fourth-order valence-electron chi connectivity index (χ4n) is 1.65. The molecule has 0 saturated heterocycles. The van der Waals surface area contributed by atoms with E-state index >= 15 is 0 Å². The fourth-order valence-corrected chi connectivity index (χ4v) is 2.53. The van der Waals surface area contributed by atoms with Gasteiger partial charge in [-0.25, -0.2) is 4.39 Å². The molecule has 0 radical (unpaired) electrons. The average molecular weight is 280 g/mol. The van der Waals surface area contributed by atoms with Crippen molar-refractivity contribution >= 4 is 34.2 Å². The molecule has 0 aliphatic carbocycles. The molecule has 0 aliphatic heterocycles. The van der Waals surface area contributed by atoms with Crippen LogP contribution >= 0.6 is 23.6 Å². The van der Waals surface area contributed by atoms with Crippen LogP contribution in [0.15, 0.2) is 35.7 Å². The minimum absolute atomic E-state index is 0.202. The van der Waals surface area contributed by atoms with Crippen molar-refractivity contribution in [1.82, 2.24) is 0 Å². The molecule has 3 N–H and O–H groups in total. The molecular formula is C13H13FN2S2. The molecule has 0 atom stereocenters.